The fourth-order valence-corrected chi connectivity index (χ4v) is 3.78. The molecule has 0 saturated heterocycles. The van der Waals surface area contributed by atoms with Crippen LogP contribution in [0.4, 0.5) is 5.95 Å². The summed E-state index contributed by atoms with van der Waals surface area (Å²) < 4.78 is 6.79. The van der Waals surface area contributed by atoms with Gasteiger partial charge in [-0.05, 0) is 47.9 Å². The van der Waals surface area contributed by atoms with Gasteiger partial charge in [0.05, 0.1) is 18.0 Å². The molecule has 0 atom stereocenters. The monoisotopic (exact) mass is 384 g/mol. The minimum Gasteiger partial charge on any atom is -0.497 e. The van der Waals surface area contributed by atoms with E-state index in [0.29, 0.717) is 16.9 Å². The first-order valence-electron chi connectivity index (χ1n) is 9.57. The topological polar surface area (TPSA) is 60.2 Å². The Balaban J connectivity index is 1.49. The van der Waals surface area contributed by atoms with Gasteiger partial charge in [0.15, 0.2) is 0 Å². The molecule has 0 radical (unpaired) electrons. The fraction of sp³-hybridized carbons (Fsp3) is 0.174. The van der Waals surface area contributed by atoms with Crippen LogP contribution in [-0.4, -0.2) is 28.2 Å². The third-order valence-electron chi connectivity index (χ3n) is 5.40. The van der Waals surface area contributed by atoms with Crippen LogP contribution >= 0.6 is 0 Å². The van der Waals surface area contributed by atoms with E-state index in [1.165, 1.54) is 11.1 Å². The Labute approximate surface area is 168 Å². The molecule has 0 spiro atoms. The lowest BCUT2D eigenvalue weighted by Gasteiger charge is -2.28. The molecule has 5 rings (SSSR count). The normalized spacial score (nSPS) is 13.3. The maximum Gasteiger partial charge on any atom is 0.266 e. The lowest BCUT2D eigenvalue weighted by atomic mass is 10.0. The molecule has 6 heteroatoms. The zero-order valence-corrected chi connectivity index (χ0v) is 16.1. The third-order valence-corrected chi connectivity index (χ3v) is 5.40. The number of aromatic nitrogens is 3. The predicted molar refractivity (Wildman–Crippen MR) is 113 cm³/mol. The number of ether oxygens (including phenoxy) is 1. The lowest BCUT2D eigenvalue weighted by Crippen LogP contribution is -2.31. The number of hydrogen-bond donors (Lipinski definition) is 0. The molecule has 144 valence electrons. The highest BCUT2D eigenvalue weighted by molar-refractivity contribution is 5.78. The van der Waals surface area contributed by atoms with E-state index in [0.717, 1.165) is 30.9 Å². The van der Waals surface area contributed by atoms with Gasteiger partial charge in [0, 0.05) is 31.2 Å². The summed E-state index contributed by atoms with van der Waals surface area (Å²) in [6.45, 7) is 1.65. The minimum atomic E-state index is -0.136. The molecule has 0 fully saturated rings. The van der Waals surface area contributed by atoms with Crippen LogP contribution in [0.1, 0.15) is 11.1 Å². The van der Waals surface area contributed by atoms with Crippen LogP contribution in [0, 0.1) is 0 Å². The van der Waals surface area contributed by atoms with Crippen molar-refractivity contribution in [3.63, 3.8) is 0 Å². The Hall–Kier alpha value is -3.67. The highest BCUT2D eigenvalue weighted by Crippen LogP contribution is 2.23. The van der Waals surface area contributed by atoms with Crippen molar-refractivity contribution in [1.82, 2.24) is 14.5 Å². The van der Waals surface area contributed by atoms with Crippen molar-refractivity contribution < 1.29 is 4.74 Å². The molecule has 2 aromatic carbocycles. The van der Waals surface area contributed by atoms with Crippen LogP contribution in [-0.2, 0) is 13.0 Å². The number of rotatable bonds is 3. The highest BCUT2D eigenvalue weighted by Gasteiger charge is 2.19. The summed E-state index contributed by atoms with van der Waals surface area (Å²) in [6.07, 6.45) is 4.37. The van der Waals surface area contributed by atoms with E-state index in [4.69, 9.17) is 4.74 Å². The van der Waals surface area contributed by atoms with Crippen LogP contribution in [0.3, 0.4) is 0 Å². The van der Waals surface area contributed by atoms with Crippen LogP contribution in [0.2, 0.25) is 0 Å². The summed E-state index contributed by atoms with van der Waals surface area (Å²) in [5.74, 6) is 1.41. The molecule has 29 heavy (non-hydrogen) atoms. The molecule has 1 aliphatic rings. The molecular weight excluding hydrogens is 364 g/mol. The van der Waals surface area contributed by atoms with Gasteiger partial charge in [-0.2, -0.15) is 0 Å². The minimum absolute atomic E-state index is 0.136. The van der Waals surface area contributed by atoms with Crippen LogP contribution in [0.15, 0.2) is 71.8 Å². The summed E-state index contributed by atoms with van der Waals surface area (Å²) in [6, 6.07) is 17.7. The third kappa shape index (κ3) is 3.12. The second-order valence-electron chi connectivity index (χ2n) is 7.10. The van der Waals surface area contributed by atoms with E-state index in [9.17, 15) is 4.79 Å². The molecule has 0 N–H and O–H groups in total. The lowest BCUT2D eigenvalue weighted by molar-refractivity contribution is 0.414. The van der Waals surface area contributed by atoms with E-state index < -0.39 is 0 Å². The van der Waals surface area contributed by atoms with Gasteiger partial charge >= 0.3 is 0 Å². The molecule has 0 saturated carbocycles. The van der Waals surface area contributed by atoms with E-state index in [1.54, 1.807) is 24.1 Å². The van der Waals surface area contributed by atoms with Crippen molar-refractivity contribution in [2.45, 2.75) is 13.0 Å². The smallest absolute Gasteiger partial charge is 0.266 e. The maximum atomic E-state index is 13.0. The zero-order valence-electron chi connectivity index (χ0n) is 16.1. The van der Waals surface area contributed by atoms with E-state index >= 15 is 0 Å². The quantitative estimate of drug-likeness (QED) is 0.542. The van der Waals surface area contributed by atoms with Gasteiger partial charge in [-0.15, -0.1) is 0 Å². The molecule has 4 aromatic rings. The van der Waals surface area contributed by atoms with Crippen LogP contribution in [0.25, 0.3) is 16.6 Å². The van der Waals surface area contributed by atoms with Crippen molar-refractivity contribution in [2.24, 2.45) is 0 Å². The number of fused-ring (bicyclic) bond motifs is 2. The average Bonchev–Trinajstić information content (AvgIpc) is 2.79. The molecule has 3 heterocycles. The first-order chi connectivity index (χ1) is 14.2. The number of anilines is 1. The number of methoxy groups -OCH3 is 1. The van der Waals surface area contributed by atoms with Crippen molar-refractivity contribution >= 4 is 16.9 Å². The van der Waals surface area contributed by atoms with Crippen molar-refractivity contribution in [3.05, 3.63) is 88.5 Å². The van der Waals surface area contributed by atoms with E-state index in [1.807, 2.05) is 30.3 Å². The van der Waals surface area contributed by atoms with Crippen molar-refractivity contribution in [1.29, 1.82) is 0 Å². The average molecular weight is 384 g/mol. The molecule has 0 aliphatic carbocycles. The Morgan fingerprint density at radius 2 is 1.79 bits per heavy atom. The second kappa shape index (κ2) is 7.05. The fourth-order valence-electron chi connectivity index (χ4n) is 3.78. The molecular formula is C23H20N4O2. The first-order valence-corrected chi connectivity index (χ1v) is 9.57. The summed E-state index contributed by atoms with van der Waals surface area (Å²) in [7, 11) is 1.62. The van der Waals surface area contributed by atoms with Crippen LogP contribution in [0.5, 0.6) is 5.75 Å². The van der Waals surface area contributed by atoms with Gasteiger partial charge in [-0.1, -0.05) is 24.3 Å². The maximum absolute atomic E-state index is 13.0. The van der Waals surface area contributed by atoms with Crippen molar-refractivity contribution in [2.75, 3.05) is 18.6 Å². The van der Waals surface area contributed by atoms with Gasteiger partial charge in [0.1, 0.15) is 5.75 Å². The molecule has 2 aromatic heterocycles. The summed E-state index contributed by atoms with van der Waals surface area (Å²) >= 11 is 0. The van der Waals surface area contributed by atoms with Gasteiger partial charge in [0.25, 0.3) is 5.56 Å². The van der Waals surface area contributed by atoms with E-state index in [-0.39, 0.29) is 5.56 Å². The predicted octanol–water partition coefficient (Wildman–Crippen LogP) is 3.35. The number of pyridine rings is 1. The summed E-state index contributed by atoms with van der Waals surface area (Å²) in [4.78, 5) is 24.3. The molecule has 1 aliphatic heterocycles. The molecule has 0 unspecified atom stereocenters. The molecule has 6 nitrogen and oxygen atoms in total. The zero-order chi connectivity index (χ0) is 19.8. The number of nitrogens with zero attached hydrogens (tertiary/aromatic N) is 4. The van der Waals surface area contributed by atoms with E-state index in [2.05, 4.69) is 39.1 Å². The van der Waals surface area contributed by atoms with Gasteiger partial charge in [-0.3, -0.25) is 9.36 Å². The Morgan fingerprint density at radius 1 is 1.00 bits per heavy atom. The van der Waals surface area contributed by atoms with Gasteiger partial charge < -0.3 is 9.64 Å². The Kier molecular flexibility index (Phi) is 4.24. The second-order valence-corrected chi connectivity index (χ2v) is 7.10. The largest absolute Gasteiger partial charge is 0.497 e. The summed E-state index contributed by atoms with van der Waals surface area (Å²) in [5.41, 5.74) is 3.98. The van der Waals surface area contributed by atoms with Gasteiger partial charge in [-0.25, -0.2) is 9.97 Å². The Bertz CT molecular complexity index is 1250. The first kappa shape index (κ1) is 17.4. The SMILES string of the molecule is COc1ccc(-n2ccc3nc(N4CCc5ccccc5C4)ncc3c2=O)cc1. The molecule has 0 amide bonds. The summed E-state index contributed by atoms with van der Waals surface area (Å²) in [5, 5.41) is 0.504. The Morgan fingerprint density at radius 3 is 2.59 bits per heavy atom. The van der Waals surface area contributed by atoms with Crippen LogP contribution < -0.4 is 15.2 Å². The van der Waals surface area contributed by atoms with Crippen molar-refractivity contribution in [3.8, 4) is 11.4 Å². The molecule has 0 bridgehead atoms. The highest BCUT2D eigenvalue weighted by atomic mass is 16.5. The number of hydrogen-bond acceptors (Lipinski definition) is 5. The standard InChI is InChI=1S/C23H20N4O2/c1-29-19-8-6-18(7-9-19)27-13-11-21-20(22(27)28)14-24-23(25-21)26-12-10-16-4-2-3-5-17(16)15-26/h2-9,11,13-14H,10,12,15H2,1H3. The number of benzene rings is 2. The van der Waals surface area contributed by atoms with Gasteiger partial charge in [0.2, 0.25) is 5.95 Å².